The Labute approximate surface area is 223 Å². The largest absolute Gasteiger partial charge is 0.383 e. The molecule has 2 aromatic carbocycles. The predicted octanol–water partition coefficient (Wildman–Crippen LogP) is 3.79. The molecular weight excluding hydrogens is 490 g/mol. The van der Waals surface area contributed by atoms with Crippen LogP contribution in [-0.4, -0.2) is 72.3 Å². The van der Waals surface area contributed by atoms with Crippen LogP contribution < -0.4 is 15.8 Å². The molecular formula is C28H36ClN5O3. The van der Waals surface area contributed by atoms with E-state index >= 15 is 0 Å². The van der Waals surface area contributed by atoms with E-state index in [1.807, 2.05) is 44.2 Å². The van der Waals surface area contributed by atoms with Gasteiger partial charge in [-0.15, -0.1) is 0 Å². The molecule has 2 heterocycles. The van der Waals surface area contributed by atoms with Gasteiger partial charge in [0, 0.05) is 61.6 Å². The Hall–Kier alpha value is -2.94. The molecule has 8 nitrogen and oxygen atoms in total. The molecule has 1 saturated heterocycles. The number of methoxy groups -OCH3 is 1. The summed E-state index contributed by atoms with van der Waals surface area (Å²) in [6.45, 7) is 10.3. The molecule has 0 aliphatic carbocycles. The summed E-state index contributed by atoms with van der Waals surface area (Å²) in [5, 5.41) is 3.91. The summed E-state index contributed by atoms with van der Waals surface area (Å²) < 4.78 is 6.79. The van der Waals surface area contributed by atoms with Crippen molar-refractivity contribution >= 4 is 34.1 Å². The van der Waals surface area contributed by atoms with Crippen molar-refractivity contribution in [3.05, 3.63) is 57.8 Å². The van der Waals surface area contributed by atoms with Crippen molar-refractivity contribution in [1.82, 2.24) is 19.8 Å². The number of carbonyl (C=O) groups is 1. The third kappa shape index (κ3) is 6.50. The fourth-order valence-electron chi connectivity index (χ4n) is 4.89. The van der Waals surface area contributed by atoms with Crippen molar-refractivity contribution in [3.8, 4) is 11.4 Å². The number of hydrogen-bond acceptors (Lipinski definition) is 6. The summed E-state index contributed by atoms with van der Waals surface area (Å²) in [6, 6.07) is 13.3. The van der Waals surface area contributed by atoms with Gasteiger partial charge in [-0.25, -0.2) is 4.98 Å². The zero-order valence-corrected chi connectivity index (χ0v) is 22.8. The van der Waals surface area contributed by atoms with Crippen molar-refractivity contribution in [2.75, 3.05) is 44.8 Å². The summed E-state index contributed by atoms with van der Waals surface area (Å²) in [5.41, 5.74) is 2.02. The fraction of sp³-hybridized carbons (Fsp3) is 0.464. The predicted molar refractivity (Wildman–Crippen MR) is 149 cm³/mol. The molecule has 0 saturated carbocycles. The average Bonchev–Trinajstić information content (AvgIpc) is 3.12. The third-order valence-corrected chi connectivity index (χ3v) is 6.93. The smallest absolute Gasteiger partial charge is 0.262 e. The molecule has 1 amide bonds. The van der Waals surface area contributed by atoms with Crippen LogP contribution in [-0.2, 0) is 16.1 Å². The van der Waals surface area contributed by atoms with E-state index in [9.17, 15) is 9.59 Å². The summed E-state index contributed by atoms with van der Waals surface area (Å²) in [5.74, 6) is 0.180. The molecule has 1 aliphatic heterocycles. The van der Waals surface area contributed by atoms with Crippen LogP contribution in [0.15, 0.2) is 47.3 Å². The van der Waals surface area contributed by atoms with Crippen LogP contribution in [0.5, 0.6) is 0 Å². The molecule has 0 spiro atoms. The highest BCUT2D eigenvalue weighted by Gasteiger charge is 2.21. The molecule has 1 N–H and O–H groups in total. The van der Waals surface area contributed by atoms with Crippen LogP contribution in [0.2, 0.25) is 5.02 Å². The van der Waals surface area contributed by atoms with Gasteiger partial charge >= 0.3 is 0 Å². The second-order valence-electron chi connectivity index (χ2n) is 9.94. The van der Waals surface area contributed by atoms with E-state index in [4.69, 9.17) is 21.3 Å². The minimum Gasteiger partial charge on any atom is -0.383 e. The van der Waals surface area contributed by atoms with Gasteiger partial charge in [-0.1, -0.05) is 23.7 Å². The molecule has 37 heavy (non-hydrogen) atoms. The standard InChI is InChI=1S/C28H36ClN5O3/c1-19(2)30-26(35)17-34-27(21-7-5-8-22(29)15-21)31-25-10-9-23(16-24(25)28(34)36)33-12-6-11-32(13-14-33)20(3)18-37-4/h5,7-10,15-16,19-20H,6,11-14,17-18H2,1-4H3,(H,30,35). The maximum Gasteiger partial charge on any atom is 0.262 e. The molecule has 1 unspecified atom stereocenters. The van der Waals surface area contributed by atoms with E-state index in [-0.39, 0.29) is 24.1 Å². The number of nitrogens with one attached hydrogen (secondary N) is 1. The Bertz CT molecular complexity index is 1310. The number of carbonyl (C=O) groups excluding carboxylic acids is 1. The lowest BCUT2D eigenvalue weighted by Crippen LogP contribution is -2.39. The van der Waals surface area contributed by atoms with E-state index in [1.165, 1.54) is 4.57 Å². The van der Waals surface area contributed by atoms with Crippen LogP contribution in [0.4, 0.5) is 5.69 Å². The molecule has 0 radical (unpaired) electrons. The number of nitrogens with zero attached hydrogens (tertiary/aromatic N) is 4. The van der Waals surface area contributed by atoms with Gasteiger partial charge in [-0.3, -0.25) is 19.1 Å². The van der Waals surface area contributed by atoms with Gasteiger partial charge in [0.2, 0.25) is 5.91 Å². The van der Waals surface area contributed by atoms with E-state index in [1.54, 1.807) is 19.2 Å². The molecule has 1 aliphatic rings. The minimum absolute atomic E-state index is 0.0351. The lowest BCUT2D eigenvalue weighted by Gasteiger charge is -2.27. The molecule has 1 aromatic heterocycles. The van der Waals surface area contributed by atoms with Crippen molar-refractivity contribution in [3.63, 3.8) is 0 Å². The normalized spacial score (nSPS) is 15.7. The number of rotatable bonds is 8. The lowest BCUT2D eigenvalue weighted by molar-refractivity contribution is -0.122. The number of amides is 1. The summed E-state index contributed by atoms with van der Waals surface area (Å²) in [6.07, 6.45) is 1.03. The van der Waals surface area contributed by atoms with Gasteiger partial charge in [-0.05, 0) is 57.5 Å². The van der Waals surface area contributed by atoms with Crippen LogP contribution in [0.25, 0.3) is 22.3 Å². The molecule has 1 atom stereocenters. The third-order valence-electron chi connectivity index (χ3n) is 6.70. The number of benzene rings is 2. The number of hydrogen-bond donors (Lipinski definition) is 1. The second-order valence-corrected chi connectivity index (χ2v) is 10.4. The Morgan fingerprint density at radius 2 is 1.92 bits per heavy atom. The molecule has 9 heteroatoms. The summed E-state index contributed by atoms with van der Waals surface area (Å²) in [4.78, 5) is 36.1. The van der Waals surface area contributed by atoms with E-state index in [0.29, 0.717) is 40.0 Å². The first-order valence-electron chi connectivity index (χ1n) is 12.8. The minimum atomic E-state index is -0.245. The van der Waals surface area contributed by atoms with Crippen molar-refractivity contribution in [2.24, 2.45) is 0 Å². The van der Waals surface area contributed by atoms with Gasteiger partial charge in [-0.2, -0.15) is 0 Å². The molecule has 198 valence electrons. The molecule has 0 bridgehead atoms. The van der Waals surface area contributed by atoms with Gasteiger partial charge in [0.15, 0.2) is 0 Å². The van der Waals surface area contributed by atoms with Crippen LogP contribution in [0.1, 0.15) is 27.2 Å². The van der Waals surface area contributed by atoms with Crippen molar-refractivity contribution in [1.29, 1.82) is 0 Å². The van der Waals surface area contributed by atoms with Gasteiger partial charge in [0.1, 0.15) is 12.4 Å². The zero-order valence-electron chi connectivity index (χ0n) is 22.0. The fourth-order valence-corrected chi connectivity index (χ4v) is 5.08. The quantitative estimate of drug-likeness (QED) is 0.482. The summed E-state index contributed by atoms with van der Waals surface area (Å²) in [7, 11) is 1.74. The van der Waals surface area contributed by atoms with Gasteiger partial charge in [0.05, 0.1) is 17.5 Å². The van der Waals surface area contributed by atoms with Crippen LogP contribution >= 0.6 is 11.6 Å². The number of fused-ring (bicyclic) bond motifs is 1. The first-order chi connectivity index (χ1) is 17.8. The maximum absolute atomic E-state index is 13.8. The topological polar surface area (TPSA) is 79.7 Å². The number of halogens is 1. The maximum atomic E-state index is 13.8. The lowest BCUT2D eigenvalue weighted by atomic mass is 10.1. The SMILES string of the molecule is COCC(C)N1CCCN(c2ccc3nc(-c4cccc(Cl)c4)n(CC(=O)NC(C)C)c(=O)c3c2)CC1. The highest BCUT2D eigenvalue weighted by atomic mass is 35.5. The monoisotopic (exact) mass is 525 g/mol. The highest BCUT2D eigenvalue weighted by Crippen LogP contribution is 2.25. The van der Waals surface area contributed by atoms with E-state index in [2.05, 4.69) is 22.0 Å². The zero-order chi connectivity index (χ0) is 26.5. The van der Waals surface area contributed by atoms with Crippen molar-refractivity contribution < 1.29 is 9.53 Å². The Morgan fingerprint density at radius 3 is 2.65 bits per heavy atom. The Kier molecular flexibility index (Phi) is 8.84. The first kappa shape index (κ1) is 27.1. The first-order valence-corrected chi connectivity index (χ1v) is 13.2. The molecule has 3 aromatic rings. The number of ether oxygens (including phenoxy) is 1. The van der Waals surface area contributed by atoms with Crippen molar-refractivity contribution in [2.45, 2.75) is 45.8 Å². The van der Waals surface area contributed by atoms with E-state index in [0.717, 1.165) is 38.3 Å². The number of aromatic nitrogens is 2. The van der Waals surface area contributed by atoms with Gasteiger partial charge in [0.25, 0.3) is 5.56 Å². The Balaban J connectivity index is 1.72. The average molecular weight is 526 g/mol. The van der Waals surface area contributed by atoms with Crippen LogP contribution in [0.3, 0.4) is 0 Å². The molecule has 4 rings (SSSR count). The van der Waals surface area contributed by atoms with Crippen LogP contribution in [0, 0.1) is 0 Å². The number of anilines is 1. The van der Waals surface area contributed by atoms with E-state index < -0.39 is 0 Å². The molecule has 1 fully saturated rings. The summed E-state index contributed by atoms with van der Waals surface area (Å²) >= 11 is 6.24. The van der Waals surface area contributed by atoms with Gasteiger partial charge < -0.3 is 15.0 Å². The second kappa shape index (κ2) is 12.1. The Morgan fingerprint density at radius 1 is 1.11 bits per heavy atom. The highest BCUT2D eigenvalue weighted by molar-refractivity contribution is 6.30.